The van der Waals surface area contributed by atoms with Crippen LogP contribution in [0.2, 0.25) is 19.6 Å². The Morgan fingerprint density at radius 2 is 1.80 bits per heavy atom. The van der Waals surface area contributed by atoms with Crippen LogP contribution in [0.15, 0.2) is 24.3 Å². The number of hydrogen-bond acceptors (Lipinski definition) is 5. The summed E-state index contributed by atoms with van der Waals surface area (Å²) in [7, 11) is -0.980. The molecule has 0 aromatic heterocycles. The van der Waals surface area contributed by atoms with Crippen LogP contribution in [0.5, 0.6) is 0 Å². The van der Waals surface area contributed by atoms with E-state index in [4.69, 9.17) is 4.74 Å². The highest BCUT2D eigenvalue weighted by Gasteiger charge is 2.31. The van der Waals surface area contributed by atoms with E-state index in [0.717, 1.165) is 19.2 Å². The molecule has 1 unspecified atom stereocenters. The fraction of sp³-hybridized carbons (Fsp3) is 0.353. The summed E-state index contributed by atoms with van der Waals surface area (Å²) in [5.74, 6) is -4.91. The Bertz CT molecular complexity index is 695. The van der Waals surface area contributed by atoms with Gasteiger partial charge in [0.15, 0.2) is 11.6 Å². The van der Waals surface area contributed by atoms with Gasteiger partial charge in [-0.25, -0.2) is 13.6 Å². The van der Waals surface area contributed by atoms with E-state index in [-0.39, 0.29) is 0 Å². The SMILES string of the molecule is COC(=O)CC(=O)C(=O)OC(C=Cc1ccc(F)c(F)c1)[Si](C)(C)C. The molecule has 1 aromatic rings. The first kappa shape index (κ1) is 20.7. The van der Waals surface area contributed by atoms with Crippen molar-refractivity contribution >= 4 is 31.9 Å². The van der Waals surface area contributed by atoms with E-state index in [9.17, 15) is 23.2 Å². The second-order valence-corrected chi connectivity index (χ2v) is 11.7. The summed E-state index contributed by atoms with van der Waals surface area (Å²) < 4.78 is 35.7. The fourth-order valence-corrected chi connectivity index (χ4v) is 2.91. The molecule has 0 aliphatic carbocycles. The smallest absolute Gasteiger partial charge is 0.375 e. The van der Waals surface area contributed by atoms with Gasteiger partial charge in [0.25, 0.3) is 5.78 Å². The van der Waals surface area contributed by atoms with Gasteiger partial charge in [-0.1, -0.05) is 31.8 Å². The average Bonchev–Trinajstić information content (AvgIpc) is 2.52. The molecule has 8 heteroatoms. The number of Topliss-reactive ketones (excluding diaryl/α,β-unsaturated/α-hetero) is 1. The molecule has 0 saturated heterocycles. The highest BCUT2D eigenvalue weighted by Crippen LogP contribution is 2.17. The number of halogens is 2. The highest BCUT2D eigenvalue weighted by molar-refractivity contribution is 6.78. The summed E-state index contributed by atoms with van der Waals surface area (Å²) in [5.41, 5.74) is -0.297. The van der Waals surface area contributed by atoms with Gasteiger partial charge >= 0.3 is 11.9 Å². The van der Waals surface area contributed by atoms with E-state index in [1.165, 1.54) is 18.2 Å². The molecule has 0 aliphatic heterocycles. The van der Waals surface area contributed by atoms with Crippen molar-refractivity contribution in [3.63, 3.8) is 0 Å². The highest BCUT2D eigenvalue weighted by atomic mass is 28.3. The van der Waals surface area contributed by atoms with Crippen LogP contribution < -0.4 is 0 Å². The molecule has 0 radical (unpaired) electrons. The third-order valence-electron chi connectivity index (χ3n) is 3.25. The predicted molar refractivity (Wildman–Crippen MR) is 90.3 cm³/mol. The second kappa shape index (κ2) is 8.66. The molecular formula is C17H20F2O5Si. The molecule has 1 aromatic carbocycles. The first-order valence-electron chi connectivity index (χ1n) is 7.48. The fourth-order valence-electron chi connectivity index (χ4n) is 1.78. The third kappa shape index (κ3) is 6.58. The van der Waals surface area contributed by atoms with Gasteiger partial charge in [-0.3, -0.25) is 9.59 Å². The molecule has 25 heavy (non-hydrogen) atoms. The van der Waals surface area contributed by atoms with Gasteiger partial charge in [0.2, 0.25) is 0 Å². The van der Waals surface area contributed by atoms with E-state index in [0.29, 0.717) is 5.56 Å². The van der Waals surface area contributed by atoms with Crippen LogP contribution >= 0.6 is 0 Å². The Labute approximate surface area is 145 Å². The van der Waals surface area contributed by atoms with Crippen molar-refractivity contribution in [2.24, 2.45) is 0 Å². The molecule has 0 fully saturated rings. The Hall–Kier alpha value is -2.35. The molecule has 0 aliphatic rings. The lowest BCUT2D eigenvalue weighted by Crippen LogP contribution is -2.41. The van der Waals surface area contributed by atoms with Crippen LogP contribution in [-0.2, 0) is 23.9 Å². The number of carbonyl (C=O) groups excluding carboxylic acids is 3. The van der Waals surface area contributed by atoms with Crippen molar-refractivity contribution in [1.29, 1.82) is 0 Å². The van der Waals surface area contributed by atoms with Gasteiger partial charge in [0.05, 0.1) is 15.2 Å². The lowest BCUT2D eigenvalue weighted by Gasteiger charge is -2.25. The second-order valence-electron chi connectivity index (χ2n) is 6.40. The maximum atomic E-state index is 13.2. The van der Waals surface area contributed by atoms with Crippen LogP contribution in [0, 0.1) is 11.6 Å². The Balaban J connectivity index is 2.89. The topological polar surface area (TPSA) is 69.7 Å². The van der Waals surface area contributed by atoms with Crippen molar-refractivity contribution in [3.8, 4) is 0 Å². The maximum absolute atomic E-state index is 13.2. The minimum absolute atomic E-state index is 0.388. The summed E-state index contributed by atoms with van der Waals surface area (Å²) in [6.45, 7) is 5.72. The van der Waals surface area contributed by atoms with Crippen molar-refractivity contribution in [3.05, 3.63) is 41.5 Å². The first-order chi connectivity index (χ1) is 11.5. The quantitative estimate of drug-likeness (QED) is 0.319. The van der Waals surface area contributed by atoms with Crippen molar-refractivity contribution in [2.75, 3.05) is 7.11 Å². The van der Waals surface area contributed by atoms with Gasteiger partial charge < -0.3 is 9.47 Å². The van der Waals surface area contributed by atoms with Crippen LogP contribution in [-0.4, -0.2) is 38.6 Å². The number of methoxy groups -OCH3 is 1. The van der Waals surface area contributed by atoms with E-state index >= 15 is 0 Å². The number of ketones is 1. The lowest BCUT2D eigenvalue weighted by atomic mass is 10.2. The molecule has 0 saturated carbocycles. The molecule has 0 amide bonds. The molecule has 0 spiro atoms. The Morgan fingerprint density at radius 1 is 1.16 bits per heavy atom. The molecule has 0 heterocycles. The van der Waals surface area contributed by atoms with E-state index in [2.05, 4.69) is 4.74 Å². The molecular weight excluding hydrogens is 350 g/mol. The van der Waals surface area contributed by atoms with Gasteiger partial charge in [-0.15, -0.1) is 0 Å². The summed E-state index contributed by atoms with van der Waals surface area (Å²) in [6, 6.07) is 3.38. The number of ether oxygens (including phenoxy) is 2. The van der Waals surface area contributed by atoms with Gasteiger partial charge in [-0.05, 0) is 23.8 Å². The lowest BCUT2D eigenvalue weighted by molar-refractivity contribution is -0.157. The average molecular weight is 370 g/mol. The monoisotopic (exact) mass is 370 g/mol. The van der Waals surface area contributed by atoms with Crippen molar-refractivity contribution in [2.45, 2.75) is 31.8 Å². The van der Waals surface area contributed by atoms with Gasteiger partial charge in [0.1, 0.15) is 12.1 Å². The molecule has 1 atom stereocenters. The van der Waals surface area contributed by atoms with Crippen molar-refractivity contribution in [1.82, 2.24) is 0 Å². The van der Waals surface area contributed by atoms with Crippen molar-refractivity contribution < 1.29 is 32.6 Å². The maximum Gasteiger partial charge on any atom is 0.375 e. The zero-order chi connectivity index (χ0) is 19.2. The summed E-state index contributed by atoms with van der Waals surface area (Å²) in [5, 5.41) is 0. The third-order valence-corrected chi connectivity index (χ3v) is 5.27. The molecule has 0 bridgehead atoms. The molecule has 1 rings (SSSR count). The minimum atomic E-state index is -2.09. The molecule has 136 valence electrons. The van der Waals surface area contributed by atoms with E-state index < -0.39 is 49.6 Å². The first-order valence-corrected chi connectivity index (χ1v) is 11.1. The van der Waals surface area contributed by atoms with Crippen LogP contribution in [0.4, 0.5) is 8.78 Å². The zero-order valence-electron chi connectivity index (χ0n) is 14.5. The number of rotatable bonds is 7. The summed E-state index contributed by atoms with van der Waals surface area (Å²) >= 11 is 0. The number of hydrogen-bond donors (Lipinski definition) is 0. The zero-order valence-corrected chi connectivity index (χ0v) is 15.5. The van der Waals surface area contributed by atoms with Gasteiger partial charge in [-0.2, -0.15) is 0 Å². The van der Waals surface area contributed by atoms with E-state index in [1.807, 2.05) is 19.6 Å². The summed E-state index contributed by atoms with van der Waals surface area (Å²) in [4.78, 5) is 34.6. The minimum Gasteiger partial charge on any atom is -0.469 e. The molecule has 0 N–H and O–H groups in total. The number of carbonyl (C=O) groups is 3. The number of benzene rings is 1. The predicted octanol–water partition coefficient (Wildman–Crippen LogP) is 2.90. The van der Waals surface area contributed by atoms with Crippen LogP contribution in [0.3, 0.4) is 0 Å². The Morgan fingerprint density at radius 3 is 2.32 bits per heavy atom. The largest absolute Gasteiger partial charge is 0.469 e. The summed E-state index contributed by atoms with van der Waals surface area (Å²) in [6.07, 6.45) is 2.33. The van der Waals surface area contributed by atoms with Crippen LogP contribution in [0.25, 0.3) is 6.08 Å². The number of esters is 2. The Kier molecular flexibility index (Phi) is 7.17. The molecule has 5 nitrogen and oxygen atoms in total. The van der Waals surface area contributed by atoms with E-state index in [1.54, 1.807) is 0 Å². The normalized spacial score (nSPS) is 12.7. The van der Waals surface area contributed by atoms with Gasteiger partial charge in [0, 0.05) is 0 Å². The standard InChI is InChI=1S/C17H20F2O5Si/c1-23-15(21)10-14(20)17(22)24-16(25(2,3)4)8-6-11-5-7-12(18)13(19)9-11/h5-9,16H,10H2,1-4H3. The van der Waals surface area contributed by atoms with Crippen LogP contribution in [0.1, 0.15) is 12.0 Å².